The molecule has 0 saturated carbocycles. The standard InChI is InChI=1S/C28H36N2O3/c1-27(2,3)33-26(32)30-19-23-21(8-6-10-25(23)31)17-22(30)18-29-15-13-28(14-16-29)12-11-20-7-4-5-9-24(20)28/h4-10,22,31H,11-19H2,1-3H3. The first-order valence-corrected chi connectivity index (χ1v) is 12.3. The summed E-state index contributed by atoms with van der Waals surface area (Å²) in [5.41, 5.74) is 4.88. The Balaban J connectivity index is 1.31. The first-order valence-electron chi connectivity index (χ1n) is 12.3. The van der Waals surface area contributed by atoms with Crippen LogP contribution in [-0.4, -0.2) is 52.3 Å². The molecule has 2 heterocycles. The number of rotatable bonds is 2. The molecule has 1 unspecified atom stereocenters. The van der Waals surface area contributed by atoms with Crippen molar-refractivity contribution < 1.29 is 14.6 Å². The summed E-state index contributed by atoms with van der Waals surface area (Å²) in [6.45, 7) is 9.05. The van der Waals surface area contributed by atoms with Gasteiger partial charge in [0.05, 0.1) is 12.6 Å². The fourth-order valence-electron chi connectivity index (χ4n) is 6.10. The van der Waals surface area contributed by atoms with Gasteiger partial charge in [0.1, 0.15) is 11.4 Å². The first-order chi connectivity index (χ1) is 15.7. The van der Waals surface area contributed by atoms with Crippen molar-refractivity contribution in [1.82, 2.24) is 9.80 Å². The molecule has 1 spiro atoms. The Morgan fingerprint density at radius 3 is 2.55 bits per heavy atom. The summed E-state index contributed by atoms with van der Waals surface area (Å²) in [5.74, 6) is 0.263. The number of benzene rings is 2. The number of aryl methyl sites for hydroxylation is 1. The fourth-order valence-corrected chi connectivity index (χ4v) is 6.10. The van der Waals surface area contributed by atoms with E-state index in [1.165, 1.54) is 31.2 Å². The van der Waals surface area contributed by atoms with Crippen molar-refractivity contribution in [1.29, 1.82) is 0 Å². The number of hydrogen-bond acceptors (Lipinski definition) is 4. The van der Waals surface area contributed by atoms with Gasteiger partial charge >= 0.3 is 6.09 Å². The van der Waals surface area contributed by atoms with Gasteiger partial charge in [-0.25, -0.2) is 4.79 Å². The van der Waals surface area contributed by atoms with Crippen molar-refractivity contribution in [2.75, 3.05) is 19.6 Å². The molecule has 1 atom stereocenters. The van der Waals surface area contributed by atoms with Crippen molar-refractivity contribution >= 4 is 6.09 Å². The van der Waals surface area contributed by atoms with Gasteiger partial charge in [-0.05, 0) is 94.1 Å². The van der Waals surface area contributed by atoms with Crippen LogP contribution in [0.2, 0.25) is 0 Å². The van der Waals surface area contributed by atoms with Crippen LogP contribution in [0, 0.1) is 0 Å². The van der Waals surface area contributed by atoms with E-state index in [-0.39, 0.29) is 17.9 Å². The summed E-state index contributed by atoms with van der Waals surface area (Å²) in [5, 5.41) is 10.4. The van der Waals surface area contributed by atoms with E-state index in [0.717, 1.165) is 37.2 Å². The number of hydrogen-bond donors (Lipinski definition) is 1. The van der Waals surface area contributed by atoms with Gasteiger partial charge < -0.3 is 14.7 Å². The Morgan fingerprint density at radius 1 is 1.06 bits per heavy atom. The smallest absolute Gasteiger partial charge is 0.410 e. The zero-order valence-corrected chi connectivity index (χ0v) is 20.1. The maximum Gasteiger partial charge on any atom is 0.410 e. The monoisotopic (exact) mass is 448 g/mol. The molecule has 33 heavy (non-hydrogen) atoms. The normalized spacial score (nSPS) is 22.2. The highest BCUT2D eigenvalue weighted by molar-refractivity contribution is 5.69. The quantitative estimate of drug-likeness (QED) is 0.700. The molecular weight excluding hydrogens is 412 g/mol. The van der Waals surface area contributed by atoms with E-state index in [1.54, 1.807) is 11.6 Å². The molecule has 5 rings (SSSR count). The molecular formula is C28H36N2O3. The topological polar surface area (TPSA) is 53.0 Å². The third-order valence-electron chi connectivity index (χ3n) is 7.84. The van der Waals surface area contributed by atoms with E-state index in [1.807, 2.05) is 31.7 Å². The molecule has 5 nitrogen and oxygen atoms in total. The summed E-state index contributed by atoms with van der Waals surface area (Å²) < 4.78 is 5.75. The van der Waals surface area contributed by atoms with Gasteiger partial charge in [-0.3, -0.25) is 4.90 Å². The van der Waals surface area contributed by atoms with Crippen LogP contribution in [0.3, 0.4) is 0 Å². The van der Waals surface area contributed by atoms with E-state index >= 15 is 0 Å². The van der Waals surface area contributed by atoms with Crippen LogP contribution in [0.4, 0.5) is 4.79 Å². The minimum atomic E-state index is -0.548. The Kier molecular flexibility index (Phi) is 5.64. The SMILES string of the molecule is CC(C)(C)OC(=O)N1Cc2c(O)cccc2CC1CN1CCC2(CCc3ccccc32)CC1. The highest BCUT2D eigenvalue weighted by Crippen LogP contribution is 2.46. The predicted molar refractivity (Wildman–Crippen MR) is 129 cm³/mol. The van der Waals surface area contributed by atoms with Crippen molar-refractivity contribution in [3.05, 3.63) is 64.7 Å². The van der Waals surface area contributed by atoms with Crippen molar-refractivity contribution in [2.45, 2.75) is 76.5 Å². The van der Waals surface area contributed by atoms with Crippen LogP contribution in [0.15, 0.2) is 42.5 Å². The Bertz CT molecular complexity index is 1030. The van der Waals surface area contributed by atoms with E-state index in [2.05, 4.69) is 35.2 Å². The van der Waals surface area contributed by atoms with Gasteiger partial charge in [0.2, 0.25) is 0 Å². The second-order valence-electron chi connectivity index (χ2n) is 11.1. The van der Waals surface area contributed by atoms with E-state index in [4.69, 9.17) is 4.74 Å². The molecule has 2 aliphatic heterocycles. The maximum absolute atomic E-state index is 13.1. The third-order valence-corrected chi connectivity index (χ3v) is 7.84. The minimum Gasteiger partial charge on any atom is -0.508 e. The number of ether oxygens (including phenoxy) is 1. The van der Waals surface area contributed by atoms with Gasteiger partial charge in [0.25, 0.3) is 0 Å². The van der Waals surface area contributed by atoms with Gasteiger partial charge in [-0.1, -0.05) is 36.4 Å². The van der Waals surface area contributed by atoms with Crippen LogP contribution in [-0.2, 0) is 29.5 Å². The predicted octanol–water partition coefficient (Wildman–Crippen LogP) is 5.03. The number of carbonyl (C=O) groups is 1. The molecule has 1 saturated heterocycles. The van der Waals surface area contributed by atoms with E-state index in [9.17, 15) is 9.90 Å². The Morgan fingerprint density at radius 2 is 1.79 bits per heavy atom. The molecule has 1 fully saturated rings. The van der Waals surface area contributed by atoms with Crippen molar-refractivity contribution in [3.8, 4) is 5.75 Å². The number of fused-ring (bicyclic) bond motifs is 3. The minimum absolute atomic E-state index is 0.0408. The van der Waals surface area contributed by atoms with Crippen molar-refractivity contribution in [3.63, 3.8) is 0 Å². The number of piperidine rings is 1. The molecule has 2 aromatic carbocycles. The van der Waals surface area contributed by atoms with Crippen molar-refractivity contribution in [2.24, 2.45) is 0 Å². The number of phenolic OH excluding ortho intramolecular Hbond substituents is 1. The lowest BCUT2D eigenvalue weighted by Crippen LogP contribution is -2.53. The second kappa shape index (κ2) is 8.35. The zero-order chi connectivity index (χ0) is 23.2. The summed E-state index contributed by atoms with van der Waals surface area (Å²) in [6.07, 6.45) is 5.28. The molecule has 1 aliphatic carbocycles. The molecule has 3 aliphatic rings. The van der Waals surface area contributed by atoms with Gasteiger partial charge in [-0.2, -0.15) is 0 Å². The largest absolute Gasteiger partial charge is 0.508 e. The number of likely N-dealkylation sites (tertiary alicyclic amines) is 1. The second-order valence-corrected chi connectivity index (χ2v) is 11.1. The van der Waals surface area contributed by atoms with Crippen LogP contribution in [0.5, 0.6) is 5.75 Å². The molecule has 176 valence electrons. The van der Waals surface area contributed by atoms with Crippen LogP contribution >= 0.6 is 0 Å². The highest BCUT2D eigenvalue weighted by Gasteiger charge is 2.42. The number of aromatic hydroxyl groups is 1. The molecule has 0 aromatic heterocycles. The van der Waals surface area contributed by atoms with Gasteiger partial charge in [0, 0.05) is 12.1 Å². The van der Waals surface area contributed by atoms with Crippen LogP contribution in [0.25, 0.3) is 0 Å². The zero-order valence-electron chi connectivity index (χ0n) is 20.1. The lowest BCUT2D eigenvalue weighted by Gasteiger charge is -2.44. The van der Waals surface area contributed by atoms with E-state index < -0.39 is 5.60 Å². The molecule has 0 radical (unpaired) electrons. The lowest BCUT2D eigenvalue weighted by atomic mass is 9.74. The van der Waals surface area contributed by atoms with Gasteiger partial charge in [-0.15, -0.1) is 0 Å². The summed E-state index contributed by atoms with van der Waals surface area (Å²) in [6, 6.07) is 14.7. The molecule has 5 heteroatoms. The molecule has 1 amide bonds. The van der Waals surface area contributed by atoms with Crippen LogP contribution < -0.4 is 0 Å². The average Bonchev–Trinajstić information content (AvgIpc) is 3.12. The number of nitrogens with zero attached hydrogens (tertiary/aromatic N) is 2. The summed E-state index contributed by atoms with van der Waals surface area (Å²) in [4.78, 5) is 17.5. The number of carbonyl (C=O) groups excluding carboxylic acids is 1. The summed E-state index contributed by atoms with van der Waals surface area (Å²) >= 11 is 0. The number of amides is 1. The maximum atomic E-state index is 13.1. The van der Waals surface area contributed by atoms with E-state index in [0.29, 0.717) is 12.0 Å². The third kappa shape index (κ3) is 4.35. The van der Waals surface area contributed by atoms with Crippen LogP contribution in [0.1, 0.15) is 62.3 Å². The highest BCUT2D eigenvalue weighted by atomic mass is 16.6. The first kappa shape index (κ1) is 22.3. The lowest BCUT2D eigenvalue weighted by molar-refractivity contribution is 0.00532. The Hall–Kier alpha value is -2.53. The molecule has 0 bridgehead atoms. The Labute approximate surface area is 197 Å². The van der Waals surface area contributed by atoms with Gasteiger partial charge in [0.15, 0.2) is 0 Å². The summed E-state index contributed by atoms with van der Waals surface area (Å²) in [7, 11) is 0. The average molecular weight is 449 g/mol. The molecule has 1 N–H and O–H groups in total. The fraction of sp³-hybridized carbons (Fsp3) is 0.536. The number of phenols is 1. The molecule has 2 aromatic rings.